The minimum Gasteiger partial charge on any atom is -0.343 e. The van der Waals surface area contributed by atoms with Crippen LogP contribution in [-0.4, -0.2) is 54.7 Å². The molecule has 2 saturated carbocycles. The summed E-state index contributed by atoms with van der Waals surface area (Å²) in [6.45, 7) is 0. The molecule has 0 aromatic heterocycles. The number of nitrogens with zero attached hydrogens (tertiary/aromatic N) is 2. The van der Waals surface area contributed by atoms with Gasteiger partial charge in [-0.3, -0.25) is 9.59 Å². The number of Topliss-reactive ketones (excluding diaryl/α,β-unsaturated/α-hetero) is 1. The fourth-order valence-corrected chi connectivity index (χ4v) is 4.66. The predicted molar refractivity (Wildman–Crippen MR) is 99.5 cm³/mol. The van der Waals surface area contributed by atoms with Gasteiger partial charge in [0.15, 0.2) is 5.78 Å². The minimum absolute atomic E-state index is 0.0551. The van der Waals surface area contributed by atoms with Gasteiger partial charge in [0.05, 0.1) is 0 Å². The summed E-state index contributed by atoms with van der Waals surface area (Å²) in [5.74, 6) is 1.69. The summed E-state index contributed by atoms with van der Waals surface area (Å²) in [5.41, 5.74) is 0.697. The van der Waals surface area contributed by atoms with Crippen LogP contribution in [-0.2, 0) is 4.79 Å². The lowest BCUT2D eigenvalue weighted by Crippen LogP contribution is -2.36. The van der Waals surface area contributed by atoms with Crippen molar-refractivity contribution in [1.29, 1.82) is 0 Å². The molecule has 0 saturated heterocycles. The van der Waals surface area contributed by atoms with Crippen LogP contribution in [0.5, 0.6) is 0 Å². The lowest BCUT2D eigenvalue weighted by molar-refractivity contribution is -0.131. The molecule has 2 unspecified atom stereocenters. The van der Waals surface area contributed by atoms with Crippen molar-refractivity contribution in [1.82, 2.24) is 9.80 Å². The number of carbonyl (C=O) groups excluding carboxylic acids is 2. The first kappa shape index (κ1) is 18.1. The van der Waals surface area contributed by atoms with E-state index in [4.69, 9.17) is 0 Å². The average Bonchev–Trinajstić information content (AvgIpc) is 3.18. The Labute approximate surface area is 151 Å². The van der Waals surface area contributed by atoms with Crippen molar-refractivity contribution in [3.8, 4) is 0 Å². The number of benzene rings is 1. The average molecular weight is 342 g/mol. The Kier molecular flexibility index (Phi) is 5.57. The normalized spacial score (nSPS) is 28.2. The zero-order valence-corrected chi connectivity index (χ0v) is 15.6. The molecule has 0 N–H and O–H groups in total. The second-order valence-corrected chi connectivity index (χ2v) is 8.03. The van der Waals surface area contributed by atoms with Gasteiger partial charge in [-0.1, -0.05) is 30.3 Å². The third-order valence-electron chi connectivity index (χ3n) is 6.30. The number of hydrogen-bond acceptors (Lipinski definition) is 3. The molecule has 0 spiro atoms. The Morgan fingerprint density at radius 2 is 1.44 bits per heavy atom. The number of hydrogen-bond donors (Lipinski definition) is 0. The van der Waals surface area contributed by atoms with E-state index in [2.05, 4.69) is 19.0 Å². The number of fused-ring (bicyclic) bond motifs is 1. The van der Waals surface area contributed by atoms with Crippen LogP contribution in [0.3, 0.4) is 0 Å². The molecule has 4 nitrogen and oxygen atoms in total. The van der Waals surface area contributed by atoms with E-state index in [0.717, 1.165) is 24.7 Å². The van der Waals surface area contributed by atoms with Crippen LogP contribution in [0.25, 0.3) is 0 Å². The predicted octanol–water partition coefficient (Wildman–Crippen LogP) is 3.23. The Balaban J connectivity index is 1.47. The summed E-state index contributed by atoms with van der Waals surface area (Å²) in [5, 5.41) is 0. The van der Waals surface area contributed by atoms with Gasteiger partial charge in [0.2, 0.25) is 5.91 Å². The van der Waals surface area contributed by atoms with Crippen LogP contribution in [0.2, 0.25) is 0 Å². The van der Waals surface area contributed by atoms with Crippen molar-refractivity contribution in [2.24, 2.45) is 11.8 Å². The molecule has 0 bridgehead atoms. The van der Waals surface area contributed by atoms with Crippen molar-refractivity contribution in [3.05, 3.63) is 35.9 Å². The summed E-state index contributed by atoms with van der Waals surface area (Å²) < 4.78 is 0. The molecule has 136 valence electrons. The Morgan fingerprint density at radius 1 is 0.880 bits per heavy atom. The summed E-state index contributed by atoms with van der Waals surface area (Å²) in [6.07, 6.45) is 5.41. The molecule has 2 aliphatic rings. The smallest absolute Gasteiger partial charge is 0.223 e. The van der Waals surface area contributed by atoms with E-state index >= 15 is 0 Å². The Hall–Kier alpha value is -1.68. The first-order valence-corrected chi connectivity index (χ1v) is 9.46. The summed E-state index contributed by atoms with van der Waals surface area (Å²) in [4.78, 5) is 29.0. The fourth-order valence-electron chi connectivity index (χ4n) is 4.66. The van der Waals surface area contributed by atoms with Gasteiger partial charge in [-0.25, -0.2) is 0 Å². The van der Waals surface area contributed by atoms with Gasteiger partial charge >= 0.3 is 0 Å². The number of carbonyl (C=O) groups is 2. The number of ketones is 1. The van der Waals surface area contributed by atoms with Crippen molar-refractivity contribution in [2.45, 2.75) is 50.6 Å². The van der Waals surface area contributed by atoms with E-state index in [1.165, 1.54) is 12.8 Å². The van der Waals surface area contributed by atoms with Crippen molar-refractivity contribution in [3.63, 3.8) is 0 Å². The lowest BCUT2D eigenvalue weighted by atomic mass is 10.0. The van der Waals surface area contributed by atoms with Gasteiger partial charge < -0.3 is 9.80 Å². The highest BCUT2D eigenvalue weighted by Gasteiger charge is 2.43. The molecule has 4 atom stereocenters. The highest BCUT2D eigenvalue weighted by atomic mass is 16.2. The van der Waals surface area contributed by atoms with Crippen molar-refractivity contribution >= 4 is 11.7 Å². The number of amides is 1. The van der Waals surface area contributed by atoms with E-state index in [1.807, 2.05) is 42.3 Å². The van der Waals surface area contributed by atoms with Gasteiger partial charge in [-0.05, 0) is 51.6 Å². The zero-order chi connectivity index (χ0) is 18.0. The third kappa shape index (κ3) is 4.12. The summed E-state index contributed by atoms with van der Waals surface area (Å²) in [6, 6.07) is 10.3. The van der Waals surface area contributed by atoms with Crippen LogP contribution >= 0.6 is 0 Å². The molecule has 0 heterocycles. The van der Waals surface area contributed by atoms with Crippen LogP contribution in [0.1, 0.15) is 48.9 Å². The summed E-state index contributed by atoms with van der Waals surface area (Å²) in [7, 11) is 6.26. The van der Waals surface area contributed by atoms with Gasteiger partial charge in [-0.15, -0.1) is 0 Å². The molecule has 2 fully saturated rings. The van der Waals surface area contributed by atoms with Gasteiger partial charge in [0, 0.05) is 37.5 Å². The van der Waals surface area contributed by atoms with Crippen molar-refractivity contribution < 1.29 is 9.59 Å². The van der Waals surface area contributed by atoms with Crippen molar-refractivity contribution in [2.75, 3.05) is 21.1 Å². The second kappa shape index (κ2) is 7.69. The van der Waals surface area contributed by atoms with E-state index in [0.29, 0.717) is 30.5 Å². The highest BCUT2D eigenvalue weighted by Crippen LogP contribution is 2.46. The quantitative estimate of drug-likeness (QED) is 0.745. The lowest BCUT2D eigenvalue weighted by Gasteiger charge is -2.27. The maximum absolute atomic E-state index is 12.5. The molecule has 0 aliphatic heterocycles. The SMILES string of the molecule is CN(C)C1C[C@@H]2CC(N(C)C(=O)CCC(=O)c3ccccc3)C[C@@H]2C1. The van der Waals surface area contributed by atoms with E-state index in [1.54, 1.807) is 0 Å². The molecule has 0 radical (unpaired) electrons. The molecule has 1 amide bonds. The topological polar surface area (TPSA) is 40.6 Å². The fraction of sp³-hybridized carbons (Fsp3) is 0.619. The largest absolute Gasteiger partial charge is 0.343 e. The minimum atomic E-state index is 0.0551. The Bertz CT molecular complexity index is 600. The number of rotatable bonds is 6. The van der Waals surface area contributed by atoms with Gasteiger partial charge in [-0.2, -0.15) is 0 Å². The maximum Gasteiger partial charge on any atom is 0.223 e. The van der Waals surface area contributed by atoms with E-state index in [-0.39, 0.29) is 11.7 Å². The van der Waals surface area contributed by atoms with Gasteiger partial charge in [0.1, 0.15) is 0 Å². The summed E-state index contributed by atoms with van der Waals surface area (Å²) >= 11 is 0. The molecule has 1 aromatic rings. The Morgan fingerprint density at radius 3 is 2.00 bits per heavy atom. The molecule has 1 aromatic carbocycles. The van der Waals surface area contributed by atoms with Gasteiger partial charge in [0.25, 0.3) is 0 Å². The zero-order valence-electron chi connectivity index (χ0n) is 15.6. The molecular weight excluding hydrogens is 312 g/mol. The van der Waals surface area contributed by atoms with E-state index < -0.39 is 0 Å². The maximum atomic E-state index is 12.5. The first-order chi connectivity index (χ1) is 12.0. The highest BCUT2D eigenvalue weighted by molar-refractivity contribution is 5.97. The molecule has 4 heteroatoms. The second-order valence-electron chi connectivity index (χ2n) is 8.03. The molecule has 2 aliphatic carbocycles. The molecule has 25 heavy (non-hydrogen) atoms. The third-order valence-corrected chi connectivity index (χ3v) is 6.30. The monoisotopic (exact) mass is 342 g/mol. The molecular formula is C21H30N2O2. The van der Waals surface area contributed by atoms with Crippen LogP contribution in [0.15, 0.2) is 30.3 Å². The standard InChI is InChI=1S/C21H30N2O2/c1-22(2)18-11-16-13-19(14-17(16)12-18)23(3)21(25)10-9-20(24)15-7-5-4-6-8-15/h4-8,16-19H,9-14H2,1-3H3/t16-,17+,18?,19?. The van der Waals surface area contributed by atoms with Crippen LogP contribution in [0, 0.1) is 11.8 Å². The van der Waals surface area contributed by atoms with Crippen LogP contribution in [0.4, 0.5) is 0 Å². The molecule has 3 rings (SSSR count). The van der Waals surface area contributed by atoms with Crippen LogP contribution < -0.4 is 0 Å². The van der Waals surface area contributed by atoms with E-state index in [9.17, 15) is 9.59 Å². The first-order valence-electron chi connectivity index (χ1n) is 9.46.